The first-order valence-electron chi connectivity index (χ1n) is 7.55. The second kappa shape index (κ2) is 13.8. The quantitative estimate of drug-likeness (QED) is 0.288. The van der Waals surface area contributed by atoms with Gasteiger partial charge in [-0.1, -0.05) is 43.5 Å². The van der Waals surface area contributed by atoms with E-state index in [4.69, 9.17) is 13.7 Å². The van der Waals surface area contributed by atoms with E-state index in [-0.39, 0.29) is 12.2 Å². The van der Waals surface area contributed by atoms with Gasteiger partial charge in [0.15, 0.2) is 0 Å². The molecule has 0 aliphatic rings. The van der Waals surface area contributed by atoms with E-state index in [0.29, 0.717) is 5.41 Å². The Morgan fingerprint density at radius 3 is 1.80 bits per heavy atom. The van der Waals surface area contributed by atoms with E-state index in [9.17, 15) is 30.0 Å². The molecule has 170 valence electrons. The average molecular weight is 487 g/mol. The molecule has 0 saturated carbocycles. The maximum Gasteiger partial charge on any atom is 0.333 e. The van der Waals surface area contributed by atoms with Gasteiger partial charge >= 0.3 is 5.97 Å². The van der Waals surface area contributed by atoms with Crippen LogP contribution in [0.4, 0.5) is 0 Å². The van der Waals surface area contributed by atoms with Crippen LogP contribution in [-0.4, -0.2) is 57.2 Å². The maximum atomic E-state index is 10.6. The number of carbonyl (C=O) groups excluding carboxylic acids is 1. The molecule has 0 amide bonds. The van der Waals surface area contributed by atoms with Gasteiger partial charge in [0.25, 0.3) is 30.4 Å². The van der Waals surface area contributed by atoms with E-state index in [1.165, 1.54) is 13.0 Å². The van der Waals surface area contributed by atoms with E-state index in [1.54, 1.807) is 24.3 Å². The van der Waals surface area contributed by atoms with Gasteiger partial charge in [-0.15, -0.1) is 0 Å². The van der Waals surface area contributed by atoms with Gasteiger partial charge in [0.1, 0.15) is 12.4 Å². The van der Waals surface area contributed by atoms with Crippen LogP contribution in [0.2, 0.25) is 0 Å². The standard InChI is InChI=1S/C8H8O3S.C6H10O5S.C2H4O3S/c9-12(10,11)7-6-8-4-2-1-3-5-8;1-5(2)6(7)11-3-4-12(8,9)10;1-2-6(3,4)5/h1-7H,(H,9,10,11);1,3-4H2,2H3,(H,8,9,10);2H,1H2,(H,3,4,5). The van der Waals surface area contributed by atoms with Crippen molar-refractivity contribution in [3.05, 3.63) is 65.4 Å². The summed E-state index contributed by atoms with van der Waals surface area (Å²) in [5.74, 6) is -1.26. The van der Waals surface area contributed by atoms with Gasteiger partial charge in [0.2, 0.25) is 0 Å². The zero-order chi connectivity index (χ0) is 24.0. The minimum atomic E-state index is -4.05. The number of rotatable bonds is 7. The van der Waals surface area contributed by atoms with Crippen molar-refractivity contribution >= 4 is 42.4 Å². The molecule has 0 bridgehead atoms. The van der Waals surface area contributed by atoms with Gasteiger partial charge in [-0.05, 0) is 18.6 Å². The molecule has 0 aromatic heterocycles. The Hall–Kier alpha value is -2.36. The average Bonchev–Trinajstić information content (AvgIpc) is 2.59. The Balaban J connectivity index is 0. The van der Waals surface area contributed by atoms with E-state index in [2.05, 4.69) is 17.9 Å². The van der Waals surface area contributed by atoms with Crippen LogP contribution >= 0.6 is 0 Å². The first-order valence-corrected chi connectivity index (χ1v) is 12.2. The summed E-state index contributed by atoms with van der Waals surface area (Å²) in [5, 5.41) is 1.22. The second-order valence-electron chi connectivity index (χ2n) is 5.11. The molecule has 0 saturated heterocycles. The van der Waals surface area contributed by atoms with Crippen molar-refractivity contribution in [2.75, 3.05) is 12.4 Å². The van der Waals surface area contributed by atoms with Gasteiger partial charge in [-0.2, -0.15) is 25.3 Å². The molecule has 3 N–H and O–H groups in total. The van der Waals surface area contributed by atoms with Crippen LogP contribution in [0, 0.1) is 0 Å². The SMILES string of the molecule is C=C(C)C(=O)OCCS(=O)(=O)O.C=CS(=O)(=O)O.O=S(=O)(O)C=Cc1ccccc1. The highest BCUT2D eigenvalue weighted by Crippen LogP contribution is 2.01. The highest BCUT2D eigenvalue weighted by atomic mass is 32.2. The minimum Gasteiger partial charge on any atom is -0.461 e. The summed E-state index contributed by atoms with van der Waals surface area (Å²) in [7, 11) is -12.0. The molecular formula is C16H22O11S3. The van der Waals surface area contributed by atoms with Crippen molar-refractivity contribution in [2.24, 2.45) is 0 Å². The van der Waals surface area contributed by atoms with Crippen molar-refractivity contribution in [3.63, 3.8) is 0 Å². The van der Waals surface area contributed by atoms with Gasteiger partial charge in [0, 0.05) is 5.57 Å². The number of ether oxygens (including phenoxy) is 1. The predicted octanol–water partition coefficient (Wildman–Crippen LogP) is 1.56. The number of hydrogen-bond acceptors (Lipinski definition) is 8. The molecule has 0 unspecified atom stereocenters. The van der Waals surface area contributed by atoms with Crippen molar-refractivity contribution in [2.45, 2.75) is 6.92 Å². The van der Waals surface area contributed by atoms with Gasteiger partial charge in [-0.25, -0.2) is 4.79 Å². The van der Waals surface area contributed by atoms with E-state index in [1.807, 2.05) is 6.07 Å². The number of benzene rings is 1. The van der Waals surface area contributed by atoms with Crippen LogP contribution in [0.15, 0.2) is 59.9 Å². The van der Waals surface area contributed by atoms with Gasteiger partial charge < -0.3 is 4.74 Å². The van der Waals surface area contributed by atoms with Crippen LogP contribution in [-0.2, 0) is 39.9 Å². The molecular weight excluding hydrogens is 464 g/mol. The van der Waals surface area contributed by atoms with Crippen LogP contribution < -0.4 is 0 Å². The van der Waals surface area contributed by atoms with Crippen molar-refractivity contribution in [3.8, 4) is 0 Å². The first kappa shape index (κ1) is 29.8. The molecule has 14 heteroatoms. The maximum absolute atomic E-state index is 10.6. The smallest absolute Gasteiger partial charge is 0.333 e. The third kappa shape index (κ3) is 23.7. The van der Waals surface area contributed by atoms with Crippen molar-refractivity contribution in [1.29, 1.82) is 0 Å². The monoisotopic (exact) mass is 486 g/mol. The molecule has 0 atom stereocenters. The summed E-state index contributed by atoms with van der Waals surface area (Å²) in [6.07, 6.45) is 1.33. The lowest BCUT2D eigenvalue weighted by molar-refractivity contribution is -0.138. The highest BCUT2D eigenvalue weighted by molar-refractivity contribution is 7.89. The largest absolute Gasteiger partial charge is 0.461 e. The third-order valence-corrected chi connectivity index (χ3v) is 3.95. The fraction of sp³-hybridized carbons (Fsp3) is 0.188. The Morgan fingerprint density at radius 2 is 1.47 bits per heavy atom. The number of esters is 1. The molecule has 0 aliphatic heterocycles. The van der Waals surface area contributed by atoms with Crippen LogP contribution in [0.5, 0.6) is 0 Å². The Bertz CT molecular complexity index is 1030. The molecule has 1 aromatic rings. The van der Waals surface area contributed by atoms with E-state index in [0.717, 1.165) is 11.0 Å². The summed E-state index contributed by atoms with van der Waals surface area (Å²) in [4.78, 5) is 10.6. The summed E-state index contributed by atoms with van der Waals surface area (Å²) >= 11 is 0. The van der Waals surface area contributed by atoms with E-state index >= 15 is 0 Å². The van der Waals surface area contributed by atoms with Gasteiger partial charge in [0.05, 0.1) is 10.8 Å². The summed E-state index contributed by atoms with van der Waals surface area (Å²) < 4.78 is 88.3. The lowest BCUT2D eigenvalue weighted by Gasteiger charge is -2.01. The molecule has 1 aromatic carbocycles. The lowest BCUT2D eigenvalue weighted by atomic mass is 10.2. The topological polar surface area (TPSA) is 189 Å². The zero-order valence-corrected chi connectivity index (χ0v) is 18.2. The van der Waals surface area contributed by atoms with Crippen molar-refractivity contribution < 1.29 is 48.4 Å². The Morgan fingerprint density at radius 1 is 1.00 bits per heavy atom. The summed E-state index contributed by atoms with van der Waals surface area (Å²) in [6, 6.07) is 8.86. The third-order valence-electron chi connectivity index (χ3n) is 2.37. The first-order chi connectivity index (χ1) is 13.5. The van der Waals surface area contributed by atoms with Crippen molar-refractivity contribution in [1.82, 2.24) is 0 Å². The molecule has 0 fully saturated rings. The molecule has 1 rings (SSSR count). The molecule has 0 aliphatic carbocycles. The predicted molar refractivity (Wildman–Crippen MR) is 111 cm³/mol. The summed E-state index contributed by atoms with van der Waals surface area (Å²) in [6.45, 7) is 7.16. The lowest BCUT2D eigenvalue weighted by Crippen LogP contribution is -2.14. The summed E-state index contributed by atoms with van der Waals surface area (Å²) in [5.41, 5.74) is 0.917. The molecule has 0 heterocycles. The highest BCUT2D eigenvalue weighted by Gasteiger charge is 2.07. The Labute approximate surface area is 175 Å². The van der Waals surface area contributed by atoms with Crippen LogP contribution in [0.3, 0.4) is 0 Å². The second-order valence-corrected chi connectivity index (χ2v) is 9.35. The number of carbonyl (C=O) groups is 1. The molecule has 30 heavy (non-hydrogen) atoms. The van der Waals surface area contributed by atoms with E-state index < -0.39 is 42.1 Å². The van der Waals surface area contributed by atoms with Gasteiger partial charge in [-0.3, -0.25) is 13.7 Å². The molecule has 11 nitrogen and oxygen atoms in total. The van der Waals surface area contributed by atoms with Crippen LogP contribution in [0.1, 0.15) is 12.5 Å². The minimum absolute atomic E-state index is 0.185. The molecule has 0 radical (unpaired) electrons. The normalized spacial score (nSPS) is 11.3. The fourth-order valence-corrected chi connectivity index (χ4v) is 1.71. The number of hydrogen-bond donors (Lipinski definition) is 3. The fourth-order valence-electron chi connectivity index (χ4n) is 1.09. The molecule has 0 spiro atoms. The zero-order valence-electron chi connectivity index (χ0n) is 15.8. The van der Waals surface area contributed by atoms with Crippen LogP contribution in [0.25, 0.3) is 6.08 Å². The Kier molecular flexibility index (Phi) is 13.7.